The molecule has 0 heterocycles. The van der Waals surface area contributed by atoms with Crippen molar-refractivity contribution in [1.82, 2.24) is 0 Å². The van der Waals surface area contributed by atoms with Crippen molar-refractivity contribution >= 4 is 22.2 Å². The SMILES string of the molecule is O=Cc1cc(Br)cc(C(O)(C(F)(F)F)C(F)(F)F)c1. The summed E-state index contributed by atoms with van der Waals surface area (Å²) < 4.78 is 75.3. The van der Waals surface area contributed by atoms with Gasteiger partial charge in [-0.2, -0.15) is 26.3 Å². The fourth-order valence-corrected chi connectivity index (χ4v) is 1.89. The van der Waals surface area contributed by atoms with Gasteiger partial charge < -0.3 is 5.11 Å². The molecule has 1 aromatic rings. The molecule has 0 aromatic heterocycles. The van der Waals surface area contributed by atoms with Crippen molar-refractivity contribution in [2.24, 2.45) is 0 Å². The zero-order valence-corrected chi connectivity index (χ0v) is 10.4. The van der Waals surface area contributed by atoms with Crippen LogP contribution in [0.3, 0.4) is 0 Å². The lowest BCUT2D eigenvalue weighted by Gasteiger charge is -2.32. The smallest absolute Gasteiger partial charge is 0.369 e. The van der Waals surface area contributed by atoms with Gasteiger partial charge in [0.05, 0.1) is 0 Å². The minimum absolute atomic E-state index is 0.0709. The highest BCUT2D eigenvalue weighted by molar-refractivity contribution is 9.10. The number of hydrogen-bond acceptors (Lipinski definition) is 2. The van der Waals surface area contributed by atoms with Crippen molar-refractivity contribution in [2.75, 3.05) is 0 Å². The summed E-state index contributed by atoms with van der Waals surface area (Å²) >= 11 is 2.68. The number of carbonyl (C=O) groups excluding carboxylic acids is 1. The van der Waals surface area contributed by atoms with E-state index in [2.05, 4.69) is 15.9 Å². The second kappa shape index (κ2) is 4.78. The lowest BCUT2D eigenvalue weighted by molar-refractivity contribution is -0.376. The normalized spacial score (nSPS) is 13.5. The maximum Gasteiger partial charge on any atom is 0.430 e. The van der Waals surface area contributed by atoms with Gasteiger partial charge in [-0.05, 0) is 18.2 Å². The molecule has 1 aromatic carbocycles. The first-order valence-corrected chi connectivity index (χ1v) is 5.35. The predicted molar refractivity (Wildman–Crippen MR) is 55.5 cm³/mol. The lowest BCUT2D eigenvalue weighted by atomic mass is 9.91. The minimum atomic E-state index is -5.98. The minimum Gasteiger partial charge on any atom is -0.369 e. The standard InChI is InChI=1S/C10H5BrF6O2/c11-7-2-5(4-18)1-6(3-7)8(19,9(12,13)14)10(15,16)17/h1-4,19H. The Labute approximate surface area is 111 Å². The fraction of sp³-hybridized carbons (Fsp3) is 0.300. The van der Waals surface area contributed by atoms with Gasteiger partial charge in [0.25, 0.3) is 5.60 Å². The molecule has 0 aliphatic heterocycles. The van der Waals surface area contributed by atoms with Crippen LogP contribution in [0.2, 0.25) is 0 Å². The summed E-state index contributed by atoms with van der Waals surface area (Å²) in [7, 11) is 0. The van der Waals surface area contributed by atoms with Crippen LogP contribution in [0.5, 0.6) is 0 Å². The zero-order chi connectivity index (χ0) is 15.1. The summed E-state index contributed by atoms with van der Waals surface area (Å²) in [5, 5.41) is 9.11. The van der Waals surface area contributed by atoms with Crippen molar-refractivity contribution in [3.8, 4) is 0 Å². The second-order valence-corrected chi connectivity index (χ2v) is 4.51. The first-order chi connectivity index (χ1) is 8.43. The average molecular weight is 351 g/mol. The molecule has 0 atom stereocenters. The van der Waals surface area contributed by atoms with Crippen molar-refractivity contribution in [3.05, 3.63) is 33.8 Å². The van der Waals surface area contributed by atoms with Crippen LogP contribution >= 0.6 is 15.9 Å². The second-order valence-electron chi connectivity index (χ2n) is 3.60. The molecular weight excluding hydrogens is 346 g/mol. The molecule has 0 spiro atoms. The van der Waals surface area contributed by atoms with E-state index in [1.165, 1.54) is 0 Å². The van der Waals surface area contributed by atoms with Gasteiger partial charge in [-0.25, -0.2) is 0 Å². The van der Waals surface area contributed by atoms with Crippen LogP contribution in [0.15, 0.2) is 22.7 Å². The summed E-state index contributed by atoms with van der Waals surface area (Å²) in [6.45, 7) is 0. The highest BCUT2D eigenvalue weighted by atomic mass is 79.9. The number of alkyl halides is 6. The molecule has 0 aliphatic carbocycles. The summed E-state index contributed by atoms with van der Waals surface area (Å²) in [6.07, 6.45) is -11.9. The van der Waals surface area contributed by atoms with E-state index < -0.39 is 29.1 Å². The number of halogens is 7. The molecule has 19 heavy (non-hydrogen) atoms. The molecular formula is C10H5BrF6O2. The van der Waals surface area contributed by atoms with Crippen LogP contribution in [-0.4, -0.2) is 23.7 Å². The molecule has 0 amide bonds. The highest BCUT2D eigenvalue weighted by Crippen LogP contribution is 2.50. The Kier molecular flexibility index (Phi) is 4.02. The Morgan fingerprint density at radius 1 is 1.00 bits per heavy atom. The van der Waals surface area contributed by atoms with Crippen LogP contribution in [-0.2, 0) is 5.60 Å². The van der Waals surface area contributed by atoms with E-state index in [0.29, 0.717) is 12.1 Å². The molecule has 0 radical (unpaired) electrons. The van der Waals surface area contributed by atoms with Gasteiger partial charge in [-0.3, -0.25) is 4.79 Å². The first kappa shape index (κ1) is 16.0. The van der Waals surface area contributed by atoms with E-state index in [4.69, 9.17) is 5.11 Å². The van der Waals surface area contributed by atoms with Gasteiger partial charge in [-0.15, -0.1) is 0 Å². The third-order valence-corrected chi connectivity index (χ3v) is 2.75. The van der Waals surface area contributed by atoms with Crippen molar-refractivity contribution in [2.45, 2.75) is 18.0 Å². The van der Waals surface area contributed by atoms with Crippen LogP contribution in [0.1, 0.15) is 15.9 Å². The lowest BCUT2D eigenvalue weighted by Crippen LogP contribution is -2.54. The zero-order valence-electron chi connectivity index (χ0n) is 8.81. The van der Waals surface area contributed by atoms with Crippen molar-refractivity contribution in [3.63, 3.8) is 0 Å². The first-order valence-electron chi connectivity index (χ1n) is 4.55. The fourth-order valence-electron chi connectivity index (χ4n) is 1.38. The number of carbonyl (C=O) groups is 1. The maximum atomic E-state index is 12.6. The Hall–Kier alpha value is -1.09. The van der Waals surface area contributed by atoms with Crippen LogP contribution in [0.25, 0.3) is 0 Å². The average Bonchev–Trinajstić information content (AvgIpc) is 2.23. The third kappa shape index (κ3) is 2.76. The van der Waals surface area contributed by atoms with Gasteiger partial charge in [-0.1, -0.05) is 15.9 Å². The summed E-state index contributed by atoms with van der Waals surface area (Å²) in [5.41, 5.74) is -6.96. The topological polar surface area (TPSA) is 37.3 Å². The molecule has 0 fully saturated rings. The Morgan fingerprint density at radius 2 is 1.47 bits per heavy atom. The number of hydrogen-bond donors (Lipinski definition) is 1. The van der Waals surface area contributed by atoms with E-state index in [1.807, 2.05) is 0 Å². The molecule has 2 nitrogen and oxygen atoms in total. The summed E-state index contributed by atoms with van der Waals surface area (Å²) in [5.74, 6) is 0. The van der Waals surface area contributed by atoms with Gasteiger partial charge >= 0.3 is 12.4 Å². The van der Waals surface area contributed by atoms with E-state index in [9.17, 15) is 31.1 Å². The van der Waals surface area contributed by atoms with Gasteiger partial charge in [0, 0.05) is 15.6 Å². The van der Waals surface area contributed by atoms with Gasteiger partial charge in [0.2, 0.25) is 0 Å². The van der Waals surface area contributed by atoms with E-state index in [-0.39, 0.29) is 10.8 Å². The molecule has 1 N–H and O–H groups in total. The van der Waals surface area contributed by atoms with E-state index in [0.717, 1.165) is 6.07 Å². The third-order valence-electron chi connectivity index (χ3n) is 2.29. The molecule has 106 valence electrons. The van der Waals surface area contributed by atoms with Crippen LogP contribution < -0.4 is 0 Å². The van der Waals surface area contributed by atoms with E-state index in [1.54, 1.807) is 0 Å². The van der Waals surface area contributed by atoms with Crippen molar-refractivity contribution in [1.29, 1.82) is 0 Å². The molecule has 9 heteroatoms. The molecule has 1 rings (SSSR count). The molecule has 0 aliphatic rings. The molecule has 0 saturated carbocycles. The Morgan fingerprint density at radius 3 is 1.84 bits per heavy atom. The van der Waals surface area contributed by atoms with Crippen LogP contribution in [0, 0.1) is 0 Å². The summed E-state index contributed by atoms with van der Waals surface area (Å²) in [6, 6.07) is 1.80. The highest BCUT2D eigenvalue weighted by Gasteiger charge is 2.71. The molecule has 0 saturated heterocycles. The molecule has 0 bridgehead atoms. The number of benzene rings is 1. The largest absolute Gasteiger partial charge is 0.430 e. The van der Waals surface area contributed by atoms with E-state index >= 15 is 0 Å². The van der Waals surface area contributed by atoms with Gasteiger partial charge in [0.1, 0.15) is 6.29 Å². The summed E-state index contributed by atoms with van der Waals surface area (Å²) in [4.78, 5) is 10.5. The Bertz CT molecular complexity index is 480. The van der Waals surface area contributed by atoms with Crippen LogP contribution in [0.4, 0.5) is 26.3 Å². The quantitative estimate of drug-likeness (QED) is 0.654. The molecule has 0 unspecified atom stereocenters. The Balaban J connectivity index is 3.60. The maximum absolute atomic E-state index is 12.6. The van der Waals surface area contributed by atoms with Crippen molar-refractivity contribution < 1.29 is 36.2 Å². The van der Waals surface area contributed by atoms with Gasteiger partial charge in [0.15, 0.2) is 0 Å². The number of rotatable bonds is 2. The number of aldehydes is 1. The monoisotopic (exact) mass is 350 g/mol. The predicted octanol–water partition coefficient (Wildman–Crippen LogP) is 3.57. The number of aliphatic hydroxyl groups is 1.